The number of rotatable bonds is 5. The van der Waals surface area contributed by atoms with Gasteiger partial charge in [0, 0.05) is 5.92 Å². The molecule has 14 heavy (non-hydrogen) atoms. The molecule has 3 nitrogen and oxygen atoms in total. The van der Waals surface area contributed by atoms with Gasteiger partial charge in [-0.15, -0.1) is 11.6 Å². The van der Waals surface area contributed by atoms with Crippen molar-refractivity contribution >= 4 is 11.6 Å². The van der Waals surface area contributed by atoms with Crippen molar-refractivity contribution in [1.29, 1.82) is 0 Å². The number of nitrogens with zero attached hydrogens (tertiary/aromatic N) is 2. The fourth-order valence-electron chi connectivity index (χ4n) is 1.13. The van der Waals surface area contributed by atoms with Crippen LogP contribution in [0.1, 0.15) is 63.0 Å². The molecule has 0 N–H and O–H groups in total. The first kappa shape index (κ1) is 11.5. The highest BCUT2D eigenvalue weighted by Crippen LogP contribution is 2.25. The van der Waals surface area contributed by atoms with Gasteiger partial charge < -0.3 is 4.52 Å². The van der Waals surface area contributed by atoms with Gasteiger partial charge in [-0.25, -0.2) is 0 Å². The van der Waals surface area contributed by atoms with Crippen LogP contribution >= 0.6 is 11.6 Å². The molecule has 1 rings (SSSR count). The van der Waals surface area contributed by atoms with Crippen molar-refractivity contribution in [3.8, 4) is 0 Å². The van der Waals surface area contributed by atoms with Gasteiger partial charge in [0.05, 0.1) is 5.38 Å². The maximum Gasteiger partial charge on any atom is 0.229 e. The third-order valence-electron chi connectivity index (χ3n) is 2.31. The molecule has 0 saturated carbocycles. The second-order valence-electron chi connectivity index (χ2n) is 3.56. The van der Waals surface area contributed by atoms with Crippen molar-refractivity contribution in [3.05, 3.63) is 11.7 Å². The molecule has 0 amide bonds. The number of hydrogen-bond acceptors (Lipinski definition) is 3. The van der Waals surface area contributed by atoms with E-state index in [0.717, 1.165) is 19.3 Å². The first-order chi connectivity index (χ1) is 6.69. The fraction of sp³-hybridized carbons (Fsp3) is 0.800. The molecular weight excluding hydrogens is 200 g/mol. The van der Waals surface area contributed by atoms with Crippen LogP contribution in [0.5, 0.6) is 0 Å². The highest BCUT2D eigenvalue weighted by atomic mass is 35.5. The van der Waals surface area contributed by atoms with Crippen LogP contribution in [0.2, 0.25) is 0 Å². The molecule has 0 aliphatic rings. The zero-order valence-corrected chi connectivity index (χ0v) is 9.71. The lowest BCUT2D eigenvalue weighted by molar-refractivity contribution is 0.352. The average molecular weight is 217 g/mol. The summed E-state index contributed by atoms with van der Waals surface area (Å²) in [4.78, 5) is 4.29. The van der Waals surface area contributed by atoms with Gasteiger partial charge >= 0.3 is 0 Å². The Kier molecular flexibility index (Phi) is 4.39. The molecule has 2 atom stereocenters. The largest absolute Gasteiger partial charge is 0.339 e. The first-order valence-corrected chi connectivity index (χ1v) is 5.60. The third-order valence-corrected chi connectivity index (χ3v) is 2.73. The van der Waals surface area contributed by atoms with E-state index in [9.17, 15) is 0 Å². The zero-order valence-electron chi connectivity index (χ0n) is 8.96. The third kappa shape index (κ3) is 2.71. The molecule has 4 heteroatoms. The Morgan fingerprint density at radius 3 is 2.71 bits per heavy atom. The predicted molar refractivity (Wildman–Crippen MR) is 56.5 cm³/mol. The minimum absolute atomic E-state index is 0.110. The lowest BCUT2D eigenvalue weighted by Gasteiger charge is -2.01. The number of halogens is 1. The van der Waals surface area contributed by atoms with Crippen molar-refractivity contribution in [2.24, 2.45) is 0 Å². The number of alkyl halides is 1. The Hall–Kier alpha value is -0.570. The summed E-state index contributed by atoms with van der Waals surface area (Å²) in [5.74, 6) is 1.65. The Morgan fingerprint density at radius 2 is 2.14 bits per heavy atom. The lowest BCUT2D eigenvalue weighted by atomic mass is 10.1. The summed E-state index contributed by atoms with van der Waals surface area (Å²) in [7, 11) is 0. The van der Waals surface area contributed by atoms with E-state index in [-0.39, 0.29) is 5.38 Å². The van der Waals surface area contributed by atoms with Gasteiger partial charge in [0.1, 0.15) is 0 Å². The molecule has 0 fully saturated rings. The maximum absolute atomic E-state index is 6.08. The van der Waals surface area contributed by atoms with Gasteiger partial charge in [-0.2, -0.15) is 4.98 Å². The molecule has 0 radical (unpaired) electrons. The molecule has 0 bridgehead atoms. The second kappa shape index (κ2) is 5.35. The van der Waals surface area contributed by atoms with Crippen LogP contribution in [0.25, 0.3) is 0 Å². The van der Waals surface area contributed by atoms with Crippen molar-refractivity contribution in [1.82, 2.24) is 10.1 Å². The summed E-state index contributed by atoms with van der Waals surface area (Å²) < 4.78 is 5.14. The first-order valence-electron chi connectivity index (χ1n) is 5.16. The van der Waals surface area contributed by atoms with E-state index in [1.807, 2.05) is 0 Å². The quantitative estimate of drug-likeness (QED) is 0.705. The van der Waals surface area contributed by atoms with E-state index in [4.69, 9.17) is 16.1 Å². The smallest absolute Gasteiger partial charge is 0.229 e. The van der Waals surface area contributed by atoms with Gasteiger partial charge in [-0.3, -0.25) is 0 Å². The van der Waals surface area contributed by atoms with Gasteiger partial charge in [0.25, 0.3) is 0 Å². The number of aromatic nitrogens is 2. The fourth-order valence-corrected chi connectivity index (χ4v) is 1.44. The molecule has 1 aromatic heterocycles. The van der Waals surface area contributed by atoms with Crippen LogP contribution in [-0.2, 0) is 0 Å². The summed E-state index contributed by atoms with van der Waals surface area (Å²) in [6, 6.07) is 0. The van der Waals surface area contributed by atoms with Crippen LogP contribution in [0.4, 0.5) is 0 Å². The summed E-state index contributed by atoms with van der Waals surface area (Å²) in [5, 5.41) is 3.78. The molecule has 2 unspecified atom stereocenters. The van der Waals surface area contributed by atoms with E-state index < -0.39 is 0 Å². The standard InChI is InChI=1S/C10H17ClN2O/c1-4-6-8(11)9-12-10(14-13-9)7(3)5-2/h7-8H,4-6H2,1-3H3. The highest BCUT2D eigenvalue weighted by molar-refractivity contribution is 6.20. The minimum Gasteiger partial charge on any atom is -0.339 e. The van der Waals surface area contributed by atoms with Crippen molar-refractivity contribution in [2.45, 2.75) is 51.3 Å². The summed E-state index contributed by atoms with van der Waals surface area (Å²) >= 11 is 6.08. The molecule has 0 spiro atoms. The van der Waals surface area contributed by atoms with E-state index in [1.165, 1.54) is 0 Å². The normalized spacial score (nSPS) is 15.4. The van der Waals surface area contributed by atoms with E-state index in [0.29, 0.717) is 17.6 Å². The van der Waals surface area contributed by atoms with Crippen molar-refractivity contribution < 1.29 is 4.52 Å². The molecule has 1 aromatic rings. The van der Waals surface area contributed by atoms with Crippen LogP contribution in [0.3, 0.4) is 0 Å². The molecule has 0 aliphatic carbocycles. The monoisotopic (exact) mass is 216 g/mol. The average Bonchev–Trinajstić information content (AvgIpc) is 2.66. The van der Waals surface area contributed by atoms with Crippen molar-refractivity contribution in [2.75, 3.05) is 0 Å². The van der Waals surface area contributed by atoms with Gasteiger partial charge in [0.2, 0.25) is 5.89 Å². The Morgan fingerprint density at radius 1 is 1.43 bits per heavy atom. The Balaban J connectivity index is 2.67. The minimum atomic E-state index is -0.110. The molecule has 0 saturated heterocycles. The molecule has 0 aliphatic heterocycles. The van der Waals surface area contributed by atoms with E-state index in [1.54, 1.807) is 0 Å². The topological polar surface area (TPSA) is 38.9 Å². The summed E-state index contributed by atoms with van der Waals surface area (Å²) in [6.07, 6.45) is 2.92. The van der Waals surface area contributed by atoms with E-state index in [2.05, 4.69) is 30.9 Å². The predicted octanol–water partition coefficient (Wildman–Crippen LogP) is 3.66. The van der Waals surface area contributed by atoms with Gasteiger partial charge in [-0.05, 0) is 12.8 Å². The zero-order chi connectivity index (χ0) is 10.6. The molecule has 1 heterocycles. The van der Waals surface area contributed by atoms with Crippen LogP contribution in [-0.4, -0.2) is 10.1 Å². The highest BCUT2D eigenvalue weighted by Gasteiger charge is 2.17. The lowest BCUT2D eigenvalue weighted by Crippen LogP contribution is -1.95. The van der Waals surface area contributed by atoms with Gasteiger partial charge in [-0.1, -0.05) is 32.3 Å². The summed E-state index contributed by atoms with van der Waals surface area (Å²) in [5.41, 5.74) is 0. The Labute approximate surface area is 89.8 Å². The van der Waals surface area contributed by atoms with Crippen LogP contribution in [0, 0.1) is 0 Å². The maximum atomic E-state index is 6.08. The SMILES string of the molecule is CCCC(Cl)c1noc(C(C)CC)n1. The van der Waals surface area contributed by atoms with E-state index >= 15 is 0 Å². The van der Waals surface area contributed by atoms with Crippen molar-refractivity contribution in [3.63, 3.8) is 0 Å². The molecular formula is C10H17ClN2O. The van der Waals surface area contributed by atoms with Gasteiger partial charge in [0.15, 0.2) is 5.82 Å². The van der Waals surface area contributed by atoms with Crippen LogP contribution < -0.4 is 0 Å². The Bertz CT molecular complexity index is 275. The molecule has 80 valence electrons. The number of hydrogen-bond donors (Lipinski definition) is 0. The molecule has 0 aromatic carbocycles. The second-order valence-corrected chi connectivity index (χ2v) is 4.08. The summed E-state index contributed by atoms with van der Waals surface area (Å²) in [6.45, 7) is 6.25. The van der Waals surface area contributed by atoms with Crippen LogP contribution in [0.15, 0.2) is 4.52 Å².